The quantitative estimate of drug-likeness (QED) is 0.857. The van der Waals surface area contributed by atoms with E-state index in [1.807, 2.05) is 42.5 Å². The number of nitrogens with one attached hydrogen (secondary N) is 1. The zero-order valence-electron chi connectivity index (χ0n) is 11.5. The van der Waals surface area contributed by atoms with E-state index in [0.717, 1.165) is 17.5 Å². The smallest absolute Gasteiger partial charge is 0.258 e. The fourth-order valence-electron chi connectivity index (χ4n) is 2.51. The maximum atomic E-state index is 12.4. The fraction of sp³-hybridized carbons (Fsp3) is 0.167. The number of carbonyl (C=O) groups excluding carboxylic acids is 1. The first-order valence-electron chi connectivity index (χ1n) is 6.85. The first kappa shape index (κ1) is 13.4. The second-order valence-electron chi connectivity index (χ2n) is 4.91. The van der Waals surface area contributed by atoms with Crippen molar-refractivity contribution in [2.45, 2.75) is 12.5 Å². The van der Waals surface area contributed by atoms with Gasteiger partial charge in [0.1, 0.15) is 0 Å². The molecule has 0 spiro atoms. The number of ether oxygens (including phenoxy) is 1. The summed E-state index contributed by atoms with van der Waals surface area (Å²) in [6.45, 7) is 0.555. The number of terminal acetylenes is 1. The molecule has 1 heterocycles. The van der Waals surface area contributed by atoms with Gasteiger partial charge in [0.2, 0.25) is 0 Å². The monoisotopic (exact) mass is 277 g/mol. The minimum absolute atomic E-state index is 0.170. The van der Waals surface area contributed by atoms with Gasteiger partial charge in [0.05, 0.1) is 6.61 Å². The number of amides is 1. The Hall–Kier alpha value is -2.57. The number of benzene rings is 2. The molecule has 1 unspecified atom stereocenters. The molecule has 2 aromatic carbocycles. The van der Waals surface area contributed by atoms with Gasteiger partial charge in [-0.1, -0.05) is 36.3 Å². The molecule has 0 aromatic heterocycles. The van der Waals surface area contributed by atoms with Crippen molar-refractivity contribution in [1.29, 1.82) is 0 Å². The molecule has 1 N–H and O–H groups in total. The van der Waals surface area contributed by atoms with Crippen LogP contribution >= 0.6 is 0 Å². The number of fused-ring (bicyclic) bond motifs is 1. The van der Waals surface area contributed by atoms with Gasteiger partial charge in [-0.15, -0.1) is 6.42 Å². The van der Waals surface area contributed by atoms with Crippen LogP contribution in [0.4, 0.5) is 5.69 Å². The summed E-state index contributed by atoms with van der Waals surface area (Å²) in [6.07, 6.45) is 5.64. The van der Waals surface area contributed by atoms with Crippen LogP contribution in [-0.2, 0) is 16.0 Å². The SMILES string of the molecule is C#Cc1cccc(NC(=O)C2OCCc3ccccc32)c1. The lowest BCUT2D eigenvalue weighted by molar-refractivity contribution is -0.128. The fourth-order valence-corrected chi connectivity index (χ4v) is 2.51. The summed E-state index contributed by atoms with van der Waals surface area (Å²) in [6, 6.07) is 15.1. The second-order valence-corrected chi connectivity index (χ2v) is 4.91. The normalized spacial score (nSPS) is 16.6. The molecule has 1 aliphatic rings. The third-order valence-electron chi connectivity index (χ3n) is 3.53. The maximum Gasteiger partial charge on any atom is 0.258 e. The van der Waals surface area contributed by atoms with E-state index in [-0.39, 0.29) is 5.91 Å². The number of rotatable bonds is 2. The molecule has 2 aromatic rings. The van der Waals surface area contributed by atoms with Gasteiger partial charge in [0, 0.05) is 11.3 Å². The maximum absolute atomic E-state index is 12.4. The van der Waals surface area contributed by atoms with Crippen molar-refractivity contribution in [2.24, 2.45) is 0 Å². The summed E-state index contributed by atoms with van der Waals surface area (Å²) >= 11 is 0. The van der Waals surface area contributed by atoms with Gasteiger partial charge in [-0.3, -0.25) is 4.79 Å². The highest BCUT2D eigenvalue weighted by Crippen LogP contribution is 2.28. The molecular weight excluding hydrogens is 262 g/mol. The third kappa shape index (κ3) is 2.81. The molecule has 1 aliphatic heterocycles. The Kier molecular flexibility index (Phi) is 3.72. The van der Waals surface area contributed by atoms with Crippen LogP contribution in [-0.4, -0.2) is 12.5 Å². The predicted octanol–water partition coefficient (Wildman–Crippen LogP) is 2.92. The molecule has 104 valence electrons. The van der Waals surface area contributed by atoms with Crippen LogP contribution in [0.3, 0.4) is 0 Å². The predicted molar refractivity (Wildman–Crippen MR) is 81.8 cm³/mol. The zero-order valence-corrected chi connectivity index (χ0v) is 11.5. The first-order chi connectivity index (χ1) is 10.3. The molecular formula is C18H15NO2. The molecule has 1 amide bonds. The highest BCUT2D eigenvalue weighted by Gasteiger charge is 2.27. The van der Waals surface area contributed by atoms with E-state index < -0.39 is 6.10 Å². The van der Waals surface area contributed by atoms with Crippen molar-refractivity contribution in [2.75, 3.05) is 11.9 Å². The lowest BCUT2D eigenvalue weighted by Gasteiger charge is -2.25. The van der Waals surface area contributed by atoms with Gasteiger partial charge in [-0.25, -0.2) is 0 Å². The van der Waals surface area contributed by atoms with Gasteiger partial charge in [-0.2, -0.15) is 0 Å². The van der Waals surface area contributed by atoms with Crippen molar-refractivity contribution in [1.82, 2.24) is 0 Å². The first-order valence-corrected chi connectivity index (χ1v) is 6.85. The molecule has 3 heteroatoms. The molecule has 1 atom stereocenters. The van der Waals surface area contributed by atoms with Crippen molar-refractivity contribution in [3.63, 3.8) is 0 Å². The lowest BCUT2D eigenvalue weighted by Crippen LogP contribution is -2.28. The summed E-state index contributed by atoms with van der Waals surface area (Å²) in [7, 11) is 0. The minimum Gasteiger partial charge on any atom is -0.363 e. The van der Waals surface area contributed by atoms with E-state index in [1.54, 1.807) is 6.07 Å². The Bertz CT molecular complexity index is 715. The summed E-state index contributed by atoms with van der Waals surface area (Å²) in [5.74, 6) is 2.38. The van der Waals surface area contributed by atoms with Gasteiger partial charge in [0.25, 0.3) is 5.91 Å². The average Bonchev–Trinajstić information content (AvgIpc) is 2.54. The van der Waals surface area contributed by atoms with Gasteiger partial charge >= 0.3 is 0 Å². The van der Waals surface area contributed by atoms with E-state index >= 15 is 0 Å². The molecule has 21 heavy (non-hydrogen) atoms. The van der Waals surface area contributed by atoms with Crippen molar-refractivity contribution in [3.05, 3.63) is 65.2 Å². The summed E-state index contributed by atoms with van der Waals surface area (Å²) in [4.78, 5) is 12.4. The van der Waals surface area contributed by atoms with E-state index in [4.69, 9.17) is 11.2 Å². The molecule has 0 fully saturated rings. The summed E-state index contributed by atoms with van der Waals surface area (Å²) < 4.78 is 5.64. The summed E-state index contributed by atoms with van der Waals surface area (Å²) in [5.41, 5.74) is 3.52. The van der Waals surface area contributed by atoms with Crippen LogP contribution in [0.1, 0.15) is 22.8 Å². The molecule has 0 bridgehead atoms. The summed E-state index contributed by atoms with van der Waals surface area (Å²) in [5, 5.41) is 2.87. The number of anilines is 1. The Balaban J connectivity index is 1.82. The highest BCUT2D eigenvalue weighted by atomic mass is 16.5. The largest absolute Gasteiger partial charge is 0.363 e. The van der Waals surface area contributed by atoms with Crippen LogP contribution in [0.2, 0.25) is 0 Å². The van der Waals surface area contributed by atoms with Gasteiger partial charge in [-0.05, 0) is 35.7 Å². The van der Waals surface area contributed by atoms with Crippen LogP contribution in [0.5, 0.6) is 0 Å². The Morgan fingerprint density at radius 3 is 2.95 bits per heavy atom. The zero-order chi connectivity index (χ0) is 14.7. The van der Waals surface area contributed by atoms with Crippen LogP contribution in [0.25, 0.3) is 0 Å². The number of carbonyl (C=O) groups is 1. The van der Waals surface area contributed by atoms with E-state index in [0.29, 0.717) is 12.3 Å². The highest BCUT2D eigenvalue weighted by molar-refractivity contribution is 5.95. The topological polar surface area (TPSA) is 38.3 Å². The lowest BCUT2D eigenvalue weighted by atomic mass is 9.97. The average molecular weight is 277 g/mol. The van der Waals surface area contributed by atoms with Crippen molar-refractivity contribution in [3.8, 4) is 12.3 Å². The van der Waals surface area contributed by atoms with Crippen LogP contribution in [0, 0.1) is 12.3 Å². The molecule has 0 aliphatic carbocycles. The van der Waals surface area contributed by atoms with E-state index in [2.05, 4.69) is 11.2 Å². The Morgan fingerprint density at radius 2 is 2.10 bits per heavy atom. The van der Waals surface area contributed by atoms with Gasteiger partial charge in [0.15, 0.2) is 6.10 Å². The standard InChI is InChI=1S/C18H15NO2/c1-2-13-6-5-8-15(12-13)19-18(20)17-16-9-4-3-7-14(16)10-11-21-17/h1,3-9,12,17H,10-11H2,(H,19,20). The third-order valence-corrected chi connectivity index (χ3v) is 3.53. The van der Waals surface area contributed by atoms with Crippen LogP contribution in [0.15, 0.2) is 48.5 Å². The van der Waals surface area contributed by atoms with E-state index in [9.17, 15) is 4.79 Å². The van der Waals surface area contributed by atoms with E-state index in [1.165, 1.54) is 5.56 Å². The van der Waals surface area contributed by atoms with Crippen molar-refractivity contribution >= 4 is 11.6 Å². The Labute approximate surface area is 123 Å². The van der Waals surface area contributed by atoms with Gasteiger partial charge < -0.3 is 10.1 Å². The Morgan fingerprint density at radius 1 is 1.24 bits per heavy atom. The molecule has 0 saturated heterocycles. The van der Waals surface area contributed by atoms with Crippen molar-refractivity contribution < 1.29 is 9.53 Å². The molecule has 3 nitrogen and oxygen atoms in total. The second kappa shape index (κ2) is 5.82. The van der Waals surface area contributed by atoms with Crippen LogP contribution < -0.4 is 5.32 Å². The molecule has 0 saturated carbocycles. The molecule has 3 rings (SSSR count). The minimum atomic E-state index is -0.565. The number of hydrogen-bond acceptors (Lipinski definition) is 2. The number of hydrogen-bond donors (Lipinski definition) is 1. The molecule has 0 radical (unpaired) electrons.